The molecule has 1 fully saturated rings. The van der Waals surface area contributed by atoms with Gasteiger partial charge in [0.1, 0.15) is 5.75 Å². The molecule has 25 heavy (non-hydrogen) atoms. The van der Waals surface area contributed by atoms with Crippen molar-refractivity contribution in [3.05, 3.63) is 29.8 Å². The Morgan fingerprint density at radius 1 is 1.24 bits per heavy atom. The van der Waals surface area contributed by atoms with Crippen LogP contribution in [0.4, 0.5) is 0 Å². The predicted octanol–water partition coefficient (Wildman–Crippen LogP) is 2.20. The minimum atomic E-state index is 0.150. The first-order valence-electron chi connectivity index (χ1n) is 9.25. The summed E-state index contributed by atoms with van der Waals surface area (Å²) in [5, 5.41) is 9.52. The number of rotatable bonds is 10. The molecule has 0 unspecified atom stereocenters. The van der Waals surface area contributed by atoms with E-state index in [1.165, 1.54) is 0 Å². The summed E-state index contributed by atoms with van der Waals surface area (Å²) in [6, 6.07) is 8.39. The quantitative estimate of drug-likeness (QED) is 0.345. The Bertz CT molecular complexity index is 570. The first-order chi connectivity index (χ1) is 12.2. The Labute approximate surface area is 150 Å². The van der Waals surface area contributed by atoms with Crippen LogP contribution in [0.1, 0.15) is 45.1 Å². The molecule has 1 aromatic carbocycles. The molecule has 1 saturated carbocycles. The van der Waals surface area contributed by atoms with E-state index in [4.69, 9.17) is 4.74 Å². The lowest BCUT2D eigenvalue weighted by Gasteiger charge is -2.12. The van der Waals surface area contributed by atoms with Gasteiger partial charge in [0, 0.05) is 31.1 Å². The van der Waals surface area contributed by atoms with Gasteiger partial charge in [0.15, 0.2) is 5.96 Å². The molecule has 0 aromatic heterocycles. The number of nitrogens with one attached hydrogen (secondary N) is 3. The second kappa shape index (κ2) is 10.6. The van der Waals surface area contributed by atoms with E-state index in [-0.39, 0.29) is 5.91 Å². The maximum atomic E-state index is 11.7. The number of benzene rings is 1. The van der Waals surface area contributed by atoms with Crippen molar-refractivity contribution in [2.75, 3.05) is 19.7 Å². The van der Waals surface area contributed by atoms with Gasteiger partial charge in [-0.2, -0.15) is 0 Å². The van der Waals surface area contributed by atoms with Crippen LogP contribution in [0.2, 0.25) is 0 Å². The highest BCUT2D eigenvalue weighted by atomic mass is 16.5. The van der Waals surface area contributed by atoms with Gasteiger partial charge in [-0.3, -0.25) is 4.79 Å². The Balaban J connectivity index is 1.78. The van der Waals surface area contributed by atoms with Gasteiger partial charge in [-0.15, -0.1) is 0 Å². The molecule has 3 N–H and O–H groups in total. The number of hydrogen-bond donors (Lipinski definition) is 3. The summed E-state index contributed by atoms with van der Waals surface area (Å²) in [5.74, 6) is 1.79. The minimum absolute atomic E-state index is 0.150. The number of carbonyl (C=O) groups excluding carboxylic acids is 1. The van der Waals surface area contributed by atoms with E-state index in [9.17, 15) is 4.79 Å². The average Bonchev–Trinajstić information content (AvgIpc) is 3.41. The molecule has 0 heterocycles. The van der Waals surface area contributed by atoms with Gasteiger partial charge in [0.05, 0.1) is 13.2 Å². The number of ether oxygens (including phenoxy) is 1. The molecule has 1 aliphatic rings. The van der Waals surface area contributed by atoms with Crippen molar-refractivity contribution in [3.63, 3.8) is 0 Å². The summed E-state index contributed by atoms with van der Waals surface area (Å²) < 4.78 is 5.64. The number of carbonyl (C=O) groups is 1. The van der Waals surface area contributed by atoms with E-state index in [0.29, 0.717) is 25.6 Å². The first kappa shape index (κ1) is 19.1. The number of amides is 1. The monoisotopic (exact) mass is 346 g/mol. The van der Waals surface area contributed by atoms with Gasteiger partial charge in [-0.05, 0) is 39.2 Å². The Hall–Kier alpha value is -2.24. The Morgan fingerprint density at radius 3 is 2.76 bits per heavy atom. The van der Waals surface area contributed by atoms with Gasteiger partial charge in [0.25, 0.3) is 0 Å². The molecule has 2 rings (SSSR count). The molecular weight excluding hydrogens is 316 g/mol. The van der Waals surface area contributed by atoms with Crippen LogP contribution in [-0.4, -0.2) is 37.6 Å². The van der Waals surface area contributed by atoms with Crippen molar-refractivity contribution in [1.29, 1.82) is 0 Å². The van der Waals surface area contributed by atoms with Crippen LogP contribution in [0.15, 0.2) is 29.3 Å². The topological polar surface area (TPSA) is 74.8 Å². The summed E-state index contributed by atoms with van der Waals surface area (Å²) in [4.78, 5) is 16.3. The summed E-state index contributed by atoms with van der Waals surface area (Å²) in [7, 11) is 0. The number of nitrogens with zero attached hydrogens (tertiary/aromatic N) is 1. The third kappa shape index (κ3) is 7.45. The van der Waals surface area contributed by atoms with Crippen molar-refractivity contribution < 1.29 is 9.53 Å². The molecule has 138 valence electrons. The van der Waals surface area contributed by atoms with Crippen LogP contribution in [0.3, 0.4) is 0 Å². The molecule has 1 amide bonds. The summed E-state index contributed by atoms with van der Waals surface area (Å²) in [6.45, 7) is 6.72. The van der Waals surface area contributed by atoms with E-state index < -0.39 is 0 Å². The third-order valence-electron chi connectivity index (χ3n) is 3.84. The Morgan fingerprint density at radius 2 is 2.04 bits per heavy atom. The smallest absolute Gasteiger partial charge is 0.220 e. The lowest BCUT2D eigenvalue weighted by molar-refractivity contribution is -0.121. The highest BCUT2D eigenvalue weighted by Gasteiger charge is 2.22. The third-order valence-corrected chi connectivity index (χ3v) is 3.84. The van der Waals surface area contributed by atoms with Crippen molar-refractivity contribution in [1.82, 2.24) is 16.0 Å². The molecule has 6 nitrogen and oxygen atoms in total. The molecule has 0 atom stereocenters. The van der Waals surface area contributed by atoms with E-state index in [1.807, 2.05) is 38.1 Å². The molecule has 1 aliphatic carbocycles. The SMILES string of the molecule is CCNC(=NCc1ccccc1OCC)NCCCC(=O)NC1CC1. The lowest BCUT2D eigenvalue weighted by Crippen LogP contribution is -2.38. The average molecular weight is 346 g/mol. The lowest BCUT2D eigenvalue weighted by atomic mass is 10.2. The number of guanidine groups is 1. The van der Waals surface area contributed by atoms with Crippen LogP contribution in [-0.2, 0) is 11.3 Å². The van der Waals surface area contributed by atoms with Gasteiger partial charge in [0.2, 0.25) is 5.91 Å². The largest absolute Gasteiger partial charge is 0.494 e. The van der Waals surface area contributed by atoms with Crippen molar-refractivity contribution >= 4 is 11.9 Å². The normalized spacial score (nSPS) is 14.1. The molecule has 0 saturated heterocycles. The molecule has 0 spiro atoms. The molecule has 6 heteroatoms. The second-order valence-electron chi connectivity index (χ2n) is 6.11. The summed E-state index contributed by atoms with van der Waals surface area (Å²) in [6.07, 6.45) is 3.60. The standard InChI is InChI=1S/C19H30N4O2/c1-3-20-19(21-13-7-10-18(24)23-16-11-12-16)22-14-15-8-5-6-9-17(15)25-4-2/h5-6,8-9,16H,3-4,7,10-14H2,1-2H3,(H,23,24)(H2,20,21,22). The Kier molecular flexibility index (Phi) is 8.09. The zero-order chi connectivity index (χ0) is 17.9. The molecular formula is C19H30N4O2. The highest BCUT2D eigenvalue weighted by Crippen LogP contribution is 2.19. The fourth-order valence-electron chi connectivity index (χ4n) is 2.42. The number of para-hydroxylation sites is 1. The predicted molar refractivity (Wildman–Crippen MR) is 101 cm³/mol. The van der Waals surface area contributed by atoms with Crippen LogP contribution < -0.4 is 20.7 Å². The van der Waals surface area contributed by atoms with Gasteiger partial charge >= 0.3 is 0 Å². The van der Waals surface area contributed by atoms with E-state index in [1.54, 1.807) is 0 Å². The zero-order valence-electron chi connectivity index (χ0n) is 15.3. The highest BCUT2D eigenvalue weighted by molar-refractivity contribution is 5.80. The number of hydrogen-bond acceptors (Lipinski definition) is 3. The van der Waals surface area contributed by atoms with Crippen molar-refractivity contribution in [3.8, 4) is 5.75 Å². The fraction of sp³-hybridized carbons (Fsp3) is 0.579. The maximum Gasteiger partial charge on any atom is 0.220 e. The maximum absolute atomic E-state index is 11.7. The fourth-order valence-corrected chi connectivity index (χ4v) is 2.42. The van der Waals surface area contributed by atoms with Gasteiger partial charge < -0.3 is 20.7 Å². The first-order valence-corrected chi connectivity index (χ1v) is 9.25. The molecule has 0 bridgehead atoms. The van der Waals surface area contributed by atoms with E-state index >= 15 is 0 Å². The van der Waals surface area contributed by atoms with Crippen molar-refractivity contribution in [2.24, 2.45) is 4.99 Å². The van der Waals surface area contributed by atoms with Gasteiger partial charge in [-0.25, -0.2) is 4.99 Å². The van der Waals surface area contributed by atoms with E-state index in [2.05, 4.69) is 20.9 Å². The van der Waals surface area contributed by atoms with Crippen LogP contribution in [0, 0.1) is 0 Å². The summed E-state index contributed by atoms with van der Waals surface area (Å²) in [5.41, 5.74) is 1.06. The number of aliphatic imine (C=N–C) groups is 1. The van der Waals surface area contributed by atoms with E-state index in [0.717, 1.165) is 49.6 Å². The zero-order valence-corrected chi connectivity index (χ0v) is 15.3. The van der Waals surface area contributed by atoms with Gasteiger partial charge in [-0.1, -0.05) is 18.2 Å². The molecule has 0 aliphatic heterocycles. The van der Waals surface area contributed by atoms with Crippen LogP contribution in [0.25, 0.3) is 0 Å². The summed E-state index contributed by atoms with van der Waals surface area (Å²) >= 11 is 0. The molecule has 0 radical (unpaired) electrons. The van der Waals surface area contributed by atoms with Crippen LogP contribution in [0.5, 0.6) is 5.75 Å². The van der Waals surface area contributed by atoms with Crippen LogP contribution >= 0.6 is 0 Å². The minimum Gasteiger partial charge on any atom is -0.494 e. The molecule has 1 aromatic rings. The van der Waals surface area contributed by atoms with Crippen molar-refractivity contribution in [2.45, 2.75) is 52.1 Å². The second-order valence-corrected chi connectivity index (χ2v) is 6.11.